The van der Waals surface area contributed by atoms with Gasteiger partial charge in [-0.05, 0) is 28.7 Å². The van der Waals surface area contributed by atoms with Gasteiger partial charge < -0.3 is 4.52 Å². The quantitative estimate of drug-likeness (QED) is 0.401. The van der Waals surface area contributed by atoms with Crippen molar-refractivity contribution in [1.82, 2.24) is 10.4 Å². The van der Waals surface area contributed by atoms with Gasteiger partial charge in [0.15, 0.2) is 5.76 Å². The van der Waals surface area contributed by atoms with Crippen molar-refractivity contribution in [2.45, 2.75) is 26.2 Å². The summed E-state index contributed by atoms with van der Waals surface area (Å²) in [6.07, 6.45) is 3.02. The van der Waals surface area contributed by atoms with Gasteiger partial charge in [-0.15, -0.1) is 5.10 Å². The summed E-state index contributed by atoms with van der Waals surface area (Å²) in [5.74, 6) is 0.860. The standard InChI is InChI=1S/C24H22N2O/c1-2-3-17-22-24(25-26-27-22)21-16-10-15-20(18-11-6-4-7-12-18)23(21)19-13-8-5-9-14-19/h4-16H,2-3,17H2,1H3. The van der Waals surface area contributed by atoms with E-state index in [1.165, 1.54) is 11.1 Å². The Kier molecular flexibility index (Phi) is 5.10. The van der Waals surface area contributed by atoms with Crippen LogP contribution in [-0.2, 0) is 6.42 Å². The molecule has 3 aromatic carbocycles. The van der Waals surface area contributed by atoms with Gasteiger partial charge >= 0.3 is 0 Å². The van der Waals surface area contributed by atoms with Crippen LogP contribution in [-0.4, -0.2) is 10.4 Å². The molecular formula is C24H22N2O. The summed E-state index contributed by atoms with van der Waals surface area (Å²) in [4.78, 5) is 0. The van der Waals surface area contributed by atoms with E-state index >= 15 is 0 Å². The van der Waals surface area contributed by atoms with E-state index in [0.29, 0.717) is 0 Å². The van der Waals surface area contributed by atoms with Crippen molar-refractivity contribution in [3.63, 3.8) is 0 Å². The van der Waals surface area contributed by atoms with E-state index < -0.39 is 0 Å². The lowest BCUT2D eigenvalue weighted by Gasteiger charge is -2.15. The van der Waals surface area contributed by atoms with Crippen LogP contribution < -0.4 is 0 Å². The van der Waals surface area contributed by atoms with Crippen molar-refractivity contribution < 1.29 is 4.52 Å². The van der Waals surface area contributed by atoms with E-state index in [-0.39, 0.29) is 0 Å². The van der Waals surface area contributed by atoms with Crippen molar-refractivity contribution in [2.75, 3.05) is 0 Å². The molecule has 134 valence electrons. The van der Waals surface area contributed by atoms with Crippen LogP contribution in [0.1, 0.15) is 25.5 Å². The normalized spacial score (nSPS) is 10.9. The second kappa shape index (κ2) is 8.00. The number of rotatable bonds is 6. The molecule has 0 atom stereocenters. The molecule has 0 aliphatic carbocycles. The highest BCUT2D eigenvalue weighted by Gasteiger charge is 2.19. The fourth-order valence-corrected chi connectivity index (χ4v) is 3.44. The molecule has 27 heavy (non-hydrogen) atoms. The predicted molar refractivity (Wildman–Crippen MR) is 109 cm³/mol. The minimum Gasteiger partial charge on any atom is -0.341 e. The maximum atomic E-state index is 5.50. The molecular weight excluding hydrogens is 332 g/mol. The van der Waals surface area contributed by atoms with Crippen LogP contribution in [0, 0.1) is 0 Å². The Bertz CT molecular complexity index is 1010. The average molecular weight is 354 g/mol. The molecule has 0 bridgehead atoms. The number of aromatic nitrogens is 2. The summed E-state index contributed by atoms with van der Waals surface area (Å²) < 4.78 is 5.50. The van der Waals surface area contributed by atoms with E-state index in [2.05, 4.69) is 84.0 Å². The zero-order valence-corrected chi connectivity index (χ0v) is 15.4. The summed E-state index contributed by atoms with van der Waals surface area (Å²) in [5, 5.41) is 8.21. The van der Waals surface area contributed by atoms with Gasteiger partial charge in [0.05, 0.1) is 0 Å². The number of aryl methyl sites for hydroxylation is 1. The summed E-state index contributed by atoms with van der Waals surface area (Å²) in [6, 6.07) is 27.3. The first-order chi connectivity index (χ1) is 13.4. The van der Waals surface area contributed by atoms with Gasteiger partial charge in [-0.3, -0.25) is 0 Å². The third-order valence-electron chi connectivity index (χ3n) is 4.78. The first-order valence-corrected chi connectivity index (χ1v) is 9.44. The third-order valence-corrected chi connectivity index (χ3v) is 4.78. The van der Waals surface area contributed by atoms with Crippen LogP contribution in [0.4, 0.5) is 0 Å². The van der Waals surface area contributed by atoms with Crippen LogP contribution in [0.15, 0.2) is 83.4 Å². The maximum Gasteiger partial charge on any atom is 0.165 e. The van der Waals surface area contributed by atoms with E-state index in [1.54, 1.807) is 0 Å². The highest BCUT2D eigenvalue weighted by molar-refractivity contribution is 5.93. The Labute approximate surface area is 159 Å². The van der Waals surface area contributed by atoms with Gasteiger partial charge in [0, 0.05) is 17.3 Å². The molecule has 1 heterocycles. The molecule has 0 amide bonds. The largest absolute Gasteiger partial charge is 0.341 e. The SMILES string of the molecule is CCCCc1onnc1-c1cccc(-c2ccccc2)c1-c1ccccc1. The fourth-order valence-electron chi connectivity index (χ4n) is 3.44. The topological polar surface area (TPSA) is 38.9 Å². The maximum absolute atomic E-state index is 5.50. The van der Waals surface area contributed by atoms with Crippen LogP contribution in [0.2, 0.25) is 0 Å². The number of nitrogens with zero attached hydrogens (tertiary/aromatic N) is 2. The molecule has 0 radical (unpaired) electrons. The molecule has 0 aliphatic rings. The monoisotopic (exact) mass is 354 g/mol. The van der Waals surface area contributed by atoms with E-state index in [0.717, 1.165) is 47.4 Å². The minimum atomic E-state index is 0.847. The zero-order valence-electron chi connectivity index (χ0n) is 15.4. The van der Waals surface area contributed by atoms with E-state index in [1.807, 2.05) is 12.1 Å². The van der Waals surface area contributed by atoms with Gasteiger partial charge in [0.2, 0.25) is 0 Å². The van der Waals surface area contributed by atoms with Gasteiger partial charge in [-0.2, -0.15) is 0 Å². The lowest BCUT2D eigenvalue weighted by atomic mass is 9.88. The summed E-state index contributed by atoms with van der Waals surface area (Å²) in [7, 11) is 0. The summed E-state index contributed by atoms with van der Waals surface area (Å²) in [5.41, 5.74) is 6.61. The first-order valence-electron chi connectivity index (χ1n) is 9.44. The highest BCUT2D eigenvalue weighted by Crippen LogP contribution is 2.40. The van der Waals surface area contributed by atoms with Crippen molar-refractivity contribution in [3.8, 4) is 33.5 Å². The van der Waals surface area contributed by atoms with Gasteiger partial charge in [0.25, 0.3) is 0 Å². The lowest BCUT2D eigenvalue weighted by molar-refractivity contribution is 0.359. The van der Waals surface area contributed by atoms with Crippen LogP contribution >= 0.6 is 0 Å². The molecule has 4 aromatic rings. The van der Waals surface area contributed by atoms with Crippen LogP contribution in [0.5, 0.6) is 0 Å². The number of hydrogen-bond acceptors (Lipinski definition) is 3. The second-order valence-corrected chi connectivity index (χ2v) is 6.61. The molecule has 4 rings (SSSR count). The predicted octanol–water partition coefficient (Wildman–Crippen LogP) is 6.41. The Morgan fingerprint density at radius 1 is 0.741 bits per heavy atom. The van der Waals surface area contributed by atoms with Crippen molar-refractivity contribution in [1.29, 1.82) is 0 Å². The molecule has 0 spiro atoms. The molecule has 3 nitrogen and oxygen atoms in total. The Morgan fingerprint density at radius 2 is 1.41 bits per heavy atom. The van der Waals surface area contributed by atoms with Crippen LogP contribution in [0.25, 0.3) is 33.5 Å². The Balaban J connectivity index is 1.94. The lowest BCUT2D eigenvalue weighted by Crippen LogP contribution is -1.93. The van der Waals surface area contributed by atoms with Crippen molar-refractivity contribution >= 4 is 0 Å². The first kappa shape index (κ1) is 17.2. The molecule has 1 aromatic heterocycles. The summed E-state index contributed by atoms with van der Waals surface area (Å²) in [6.45, 7) is 2.18. The molecule has 0 saturated heterocycles. The molecule has 0 fully saturated rings. The van der Waals surface area contributed by atoms with Gasteiger partial charge in [-0.25, -0.2) is 0 Å². The number of benzene rings is 3. The third kappa shape index (κ3) is 3.54. The highest BCUT2D eigenvalue weighted by atomic mass is 16.5. The molecule has 0 saturated carbocycles. The van der Waals surface area contributed by atoms with E-state index in [9.17, 15) is 0 Å². The Hall–Kier alpha value is -3.20. The minimum absolute atomic E-state index is 0.847. The van der Waals surface area contributed by atoms with E-state index in [4.69, 9.17) is 4.52 Å². The van der Waals surface area contributed by atoms with Crippen LogP contribution in [0.3, 0.4) is 0 Å². The molecule has 3 heteroatoms. The average Bonchev–Trinajstić information content (AvgIpc) is 3.21. The molecule has 0 N–H and O–H groups in total. The molecule has 0 unspecified atom stereocenters. The Morgan fingerprint density at radius 3 is 2.11 bits per heavy atom. The van der Waals surface area contributed by atoms with Crippen molar-refractivity contribution in [3.05, 3.63) is 84.6 Å². The second-order valence-electron chi connectivity index (χ2n) is 6.61. The zero-order chi connectivity index (χ0) is 18.5. The smallest absolute Gasteiger partial charge is 0.165 e. The fraction of sp³-hybridized carbons (Fsp3) is 0.167. The summed E-state index contributed by atoms with van der Waals surface area (Å²) >= 11 is 0. The van der Waals surface area contributed by atoms with Crippen molar-refractivity contribution in [2.24, 2.45) is 0 Å². The van der Waals surface area contributed by atoms with Gasteiger partial charge in [-0.1, -0.05) is 92.2 Å². The molecule has 0 aliphatic heterocycles. The van der Waals surface area contributed by atoms with Gasteiger partial charge in [0.1, 0.15) is 5.69 Å². The number of unbranched alkanes of at least 4 members (excludes halogenated alkanes) is 1. The number of hydrogen-bond donors (Lipinski definition) is 0.